The van der Waals surface area contributed by atoms with Crippen LogP contribution in [-0.2, 0) is 27.9 Å². The molecule has 0 aromatic heterocycles. The van der Waals surface area contributed by atoms with Crippen molar-refractivity contribution in [1.82, 2.24) is 14.5 Å². The van der Waals surface area contributed by atoms with E-state index in [0.29, 0.717) is 38.9 Å². The second-order valence-electron chi connectivity index (χ2n) is 9.34. The fourth-order valence-electron chi connectivity index (χ4n) is 4.50. The minimum absolute atomic E-state index is 0.0426. The van der Waals surface area contributed by atoms with Crippen molar-refractivity contribution in [1.29, 1.82) is 0 Å². The molecule has 1 N–H and O–H groups in total. The van der Waals surface area contributed by atoms with Crippen LogP contribution in [0.2, 0.25) is 0 Å². The van der Waals surface area contributed by atoms with Gasteiger partial charge in [-0.05, 0) is 62.2 Å². The van der Waals surface area contributed by atoms with Crippen molar-refractivity contribution in [3.63, 3.8) is 0 Å². The van der Waals surface area contributed by atoms with Crippen molar-refractivity contribution < 1.29 is 13.2 Å². The van der Waals surface area contributed by atoms with Crippen LogP contribution in [0, 0.1) is 11.8 Å². The molecule has 2 aliphatic heterocycles. The van der Waals surface area contributed by atoms with Crippen LogP contribution in [-0.4, -0.2) is 55.5 Å². The highest BCUT2D eigenvalue weighted by Crippen LogP contribution is 2.21. The zero-order valence-corrected chi connectivity index (χ0v) is 20.0. The largest absolute Gasteiger partial charge is 0.352 e. The van der Waals surface area contributed by atoms with Crippen LogP contribution in [0.5, 0.6) is 0 Å². The van der Waals surface area contributed by atoms with Gasteiger partial charge in [0.1, 0.15) is 0 Å². The van der Waals surface area contributed by atoms with E-state index in [1.807, 2.05) is 6.92 Å². The molecule has 31 heavy (non-hydrogen) atoms. The number of likely N-dealkylation sites (tertiary alicyclic amines) is 1. The third-order valence-corrected chi connectivity index (χ3v) is 8.67. The summed E-state index contributed by atoms with van der Waals surface area (Å²) in [6.45, 7) is 9.05. The van der Waals surface area contributed by atoms with E-state index in [-0.39, 0.29) is 17.6 Å². The number of unbranched alkanes of at least 4 members (excludes halogenated alkanes) is 1. The predicted octanol–water partition coefficient (Wildman–Crippen LogP) is 3.38. The third-order valence-electron chi connectivity index (χ3n) is 6.71. The molecule has 2 aliphatic rings. The van der Waals surface area contributed by atoms with Gasteiger partial charge < -0.3 is 5.32 Å². The highest BCUT2D eigenvalue weighted by atomic mass is 32.2. The second kappa shape index (κ2) is 11.4. The normalized spacial score (nSPS) is 20.1. The van der Waals surface area contributed by atoms with Gasteiger partial charge in [0.25, 0.3) is 0 Å². The highest BCUT2D eigenvalue weighted by Gasteiger charge is 2.30. The van der Waals surface area contributed by atoms with Gasteiger partial charge in [0.2, 0.25) is 15.9 Å². The maximum absolute atomic E-state index is 12.6. The lowest BCUT2D eigenvalue weighted by atomic mass is 9.97. The van der Waals surface area contributed by atoms with Crippen LogP contribution < -0.4 is 5.32 Å². The quantitative estimate of drug-likeness (QED) is 0.627. The first kappa shape index (κ1) is 24.2. The monoisotopic (exact) mass is 449 g/mol. The first-order chi connectivity index (χ1) is 14.9. The number of carbonyl (C=O) groups is 1. The summed E-state index contributed by atoms with van der Waals surface area (Å²) in [5.74, 6) is 0.992. The number of rotatable bonds is 9. The summed E-state index contributed by atoms with van der Waals surface area (Å²) in [6, 6.07) is 8.49. The summed E-state index contributed by atoms with van der Waals surface area (Å²) in [7, 11) is -3.17. The molecule has 2 saturated heterocycles. The van der Waals surface area contributed by atoms with E-state index >= 15 is 0 Å². The molecule has 1 aromatic rings. The summed E-state index contributed by atoms with van der Waals surface area (Å²) >= 11 is 0. The maximum Gasteiger partial charge on any atom is 0.223 e. The standard InChI is InChI=1S/C24H39N3O3S/c1-3-4-16-31(29,30)27-14-10-23(11-15-27)24(28)25-18-21-6-5-7-22(17-21)19-26-12-8-20(2)9-13-26/h5-7,17,20,23H,3-4,8-16,18-19H2,1-2H3,(H,25,28). The van der Waals surface area contributed by atoms with Gasteiger partial charge in [-0.2, -0.15) is 0 Å². The number of sulfonamides is 1. The molecule has 2 fully saturated rings. The average Bonchev–Trinajstić information content (AvgIpc) is 2.78. The Hall–Kier alpha value is -1.44. The van der Waals surface area contributed by atoms with Crippen molar-refractivity contribution in [3.8, 4) is 0 Å². The molecule has 3 rings (SSSR count). The van der Waals surface area contributed by atoms with Gasteiger partial charge in [-0.15, -0.1) is 0 Å². The van der Waals surface area contributed by atoms with Crippen molar-refractivity contribution in [2.45, 2.75) is 65.5 Å². The Kier molecular flexibility index (Phi) is 8.93. The van der Waals surface area contributed by atoms with Gasteiger partial charge in [-0.1, -0.05) is 44.5 Å². The second-order valence-corrected chi connectivity index (χ2v) is 11.4. The van der Waals surface area contributed by atoms with Gasteiger partial charge in [-0.25, -0.2) is 12.7 Å². The number of nitrogens with one attached hydrogen (secondary N) is 1. The van der Waals surface area contributed by atoms with E-state index in [1.165, 1.54) is 18.4 Å². The number of hydrogen-bond acceptors (Lipinski definition) is 4. The molecule has 2 heterocycles. The number of amides is 1. The summed E-state index contributed by atoms with van der Waals surface area (Å²) in [6.07, 6.45) is 5.31. The van der Waals surface area contributed by atoms with Crippen molar-refractivity contribution in [2.24, 2.45) is 11.8 Å². The van der Waals surface area contributed by atoms with Crippen molar-refractivity contribution >= 4 is 15.9 Å². The van der Waals surface area contributed by atoms with E-state index in [1.54, 1.807) is 4.31 Å². The van der Waals surface area contributed by atoms with Crippen LogP contribution >= 0.6 is 0 Å². The number of benzene rings is 1. The molecule has 7 heteroatoms. The predicted molar refractivity (Wildman–Crippen MR) is 125 cm³/mol. The van der Waals surface area contributed by atoms with Crippen LogP contribution in [0.15, 0.2) is 24.3 Å². The summed E-state index contributed by atoms with van der Waals surface area (Å²) < 4.78 is 26.3. The first-order valence-electron chi connectivity index (χ1n) is 11.9. The van der Waals surface area contributed by atoms with Crippen molar-refractivity contribution in [3.05, 3.63) is 35.4 Å². The summed E-state index contributed by atoms with van der Waals surface area (Å²) in [4.78, 5) is 15.2. The lowest BCUT2D eigenvalue weighted by molar-refractivity contribution is -0.126. The Morgan fingerprint density at radius 1 is 1.06 bits per heavy atom. The van der Waals surface area contributed by atoms with Gasteiger partial charge in [0.15, 0.2) is 0 Å². The average molecular weight is 450 g/mol. The minimum Gasteiger partial charge on any atom is -0.352 e. The van der Waals surface area contributed by atoms with E-state index in [4.69, 9.17) is 0 Å². The van der Waals surface area contributed by atoms with Crippen LogP contribution in [0.3, 0.4) is 0 Å². The SMILES string of the molecule is CCCCS(=O)(=O)N1CCC(C(=O)NCc2cccc(CN3CCC(C)CC3)c2)CC1. The Bertz CT molecular complexity index is 811. The number of piperidine rings is 2. The minimum atomic E-state index is -3.17. The highest BCUT2D eigenvalue weighted by molar-refractivity contribution is 7.89. The Morgan fingerprint density at radius 2 is 1.74 bits per heavy atom. The van der Waals surface area contributed by atoms with Crippen LogP contribution in [0.25, 0.3) is 0 Å². The summed E-state index contributed by atoms with van der Waals surface area (Å²) in [5, 5.41) is 3.07. The maximum atomic E-state index is 12.6. The molecule has 0 bridgehead atoms. The molecular formula is C24H39N3O3S. The van der Waals surface area contributed by atoms with E-state index < -0.39 is 10.0 Å². The lowest BCUT2D eigenvalue weighted by Crippen LogP contribution is -2.43. The van der Waals surface area contributed by atoms with E-state index in [9.17, 15) is 13.2 Å². The van der Waals surface area contributed by atoms with Gasteiger partial charge in [-0.3, -0.25) is 9.69 Å². The Labute approximate surface area is 188 Å². The van der Waals surface area contributed by atoms with E-state index in [2.05, 4.69) is 41.4 Å². The molecule has 174 valence electrons. The fourth-order valence-corrected chi connectivity index (χ4v) is 6.18. The zero-order valence-electron chi connectivity index (χ0n) is 19.2. The molecular weight excluding hydrogens is 410 g/mol. The molecule has 6 nitrogen and oxygen atoms in total. The summed E-state index contributed by atoms with van der Waals surface area (Å²) in [5.41, 5.74) is 2.42. The molecule has 0 spiro atoms. The Balaban J connectivity index is 1.44. The molecule has 1 amide bonds. The zero-order chi connectivity index (χ0) is 22.3. The molecule has 0 unspecified atom stereocenters. The number of nitrogens with zero attached hydrogens (tertiary/aromatic N) is 2. The van der Waals surface area contributed by atoms with Gasteiger partial charge in [0, 0.05) is 32.1 Å². The smallest absolute Gasteiger partial charge is 0.223 e. The first-order valence-corrected chi connectivity index (χ1v) is 13.5. The van der Waals surface area contributed by atoms with E-state index in [0.717, 1.165) is 37.5 Å². The van der Waals surface area contributed by atoms with Crippen LogP contribution in [0.4, 0.5) is 0 Å². The molecule has 0 saturated carbocycles. The molecule has 0 aliphatic carbocycles. The van der Waals surface area contributed by atoms with Gasteiger partial charge >= 0.3 is 0 Å². The fraction of sp³-hybridized carbons (Fsp3) is 0.708. The Morgan fingerprint density at radius 3 is 2.42 bits per heavy atom. The van der Waals surface area contributed by atoms with Crippen LogP contribution in [0.1, 0.15) is 63.5 Å². The molecule has 0 radical (unpaired) electrons. The lowest BCUT2D eigenvalue weighted by Gasteiger charge is -2.30. The third kappa shape index (κ3) is 7.29. The molecule has 1 aromatic carbocycles. The molecule has 0 atom stereocenters. The number of carbonyl (C=O) groups excluding carboxylic acids is 1. The topological polar surface area (TPSA) is 69.7 Å². The van der Waals surface area contributed by atoms with Crippen molar-refractivity contribution in [2.75, 3.05) is 31.9 Å². The number of hydrogen-bond donors (Lipinski definition) is 1. The van der Waals surface area contributed by atoms with Gasteiger partial charge in [0.05, 0.1) is 5.75 Å².